The van der Waals surface area contributed by atoms with E-state index in [-0.39, 0.29) is 16.4 Å². The molecule has 2 aromatic rings. The maximum atomic E-state index is 12.8. The van der Waals surface area contributed by atoms with Gasteiger partial charge in [0.15, 0.2) is 10.0 Å². The Morgan fingerprint density at radius 2 is 2.19 bits per heavy atom. The maximum absolute atomic E-state index is 12.8. The highest BCUT2D eigenvalue weighted by atomic mass is 35.5. The van der Waals surface area contributed by atoms with Crippen LogP contribution >= 0.6 is 46.5 Å². The Morgan fingerprint density at radius 3 is 2.81 bits per heavy atom. The fourth-order valence-corrected chi connectivity index (χ4v) is 6.74. The van der Waals surface area contributed by atoms with Crippen molar-refractivity contribution in [2.45, 2.75) is 36.1 Å². The van der Waals surface area contributed by atoms with Crippen LogP contribution in [0.2, 0.25) is 5.02 Å². The highest BCUT2D eigenvalue weighted by Gasteiger charge is 2.54. The number of carbonyl (C=O) groups excluding carboxylic acids is 2. The molecule has 2 amide bonds. The number of hydrogen-bond donors (Lipinski definition) is 2. The van der Waals surface area contributed by atoms with Crippen molar-refractivity contribution in [2.24, 2.45) is 0 Å². The quantitative estimate of drug-likeness (QED) is 0.432. The first-order valence-electron chi connectivity index (χ1n) is 9.16. The molecule has 1 saturated heterocycles. The lowest BCUT2D eigenvalue weighted by atomic mass is 10.0. The van der Waals surface area contributed by atoms with Crippen molar-refractivity contribution < 1.29 is 19.5 Å². The molecular formula is C17H17ClN6O4S3. The second-order valence-electron chi connectivity index (χ2n) is 6.68. The fourth-order valence-electron chi connectivity index (χ4n) is 3.20. The molecule has 2 aromatic heterocycles. The van der Waals surface area contributed by atoms with Gasteiger partial charge in [0.1, 0.15) is 22.1 Å². The van der Waals surface area contributed by atoms with Gasteiger partial charge in [-0.25, -0.2) is 4.79 Å². The number of carboxylic acids is 1. The average Bonchev–Trinajstić information content (AvgIpc) is 3.34. The van der Waals surface area contributed by atoms with Crippen LogP contribution in [-0.2, 0) is 16.1 Å². The van der Waals surface area contributed by atoms with E-state index in [1.54, 1.807) is 0 Å². The monoisotopic (exact) mass is 500 g/mol. The maximum Gasteiger partial charge on any atom is 0.352 e. The summed E-state index contributed by atoms with van der Waals surface area (Å²) in [6, 6.07) is -0.838. The summed E-state index contributed by atoms with van der Waals surface area (Å²) in [7, 11) is 0. The first-order chi connectivity index (χ1) is 14.8. The van der Waals surface area contributed by atoms with Crippen LogP contribution in [0.4, 0.5) is 0 Å². The first-order valence-corrected chi connectivity index (χ1v) is 12.4. The second-order valence-corrected chi connectivity index (χ2v) is 10.6. The molecule has 2 aliphatic rings. The topological polar surface area (TPSA) is 130 Å². The number of amides is 2. The minimum absolute atomic E-state index is 0.0266. The molecule has 0 radical (unpaired) electrons. The summed E-state index contributed by atoms with van der Waals surface area (Å²) >= 11 is 10.3. The van der Waals surface area contributed by atoms with Gasteiger partial charge in [0.25, 0.3) is 11.8 Å². The smallest absolute Gasteiger partial charge is 0.352 e. The average molecular weight is 501 g/mol. The van der Waals surface area contributed by atoms with Crippen molar-refractivity contribution in [3.8, 4) is 0 Å². The van der Waals surface area contributed by atoms with Gasteiger partial charge in [-0.05, 0) is 19.4 Å². The van der Waals surface area contributed by atoms with Crippen LogP contribution in [0.15, 0.2) is 21.8 Å². The Balaban J connectivity index is 1.48. The van der Waals surface area contributed by atoms with Crippen LogP contribution in [-0.4, -0.2) is 70.7 Å². The summed E-state index contributed by atoms with van der Waals surface area (Å²) in [4.78, 5) is 38.5. The van der Waals surface area contributed by atoms with Gasteiger partial charge in [0.2, 0.25) is 0 Å². The van der Waals surface area contributed by atoms with E-state index in [0.29, 0.717) is 23.6 Å². The summed E-state index contributed by atoms with van der Waals surface area (Å²) in [5.74, 6) is -1.38. The van der Waals surface area contributed by atoms with E-state index in [9.17, 15) is 19.5 Å². The van der Waals surface area contributed by atoms with E-state index in [4.69, 9.17) is 11.6 Å². The number of aromatic nitrogens is 4. The van der Waals surface area contributed by atoms with Crippen molar-refractivity contribution in [2.75, 3.05) is 11.5 Å². The molecule has 0 bridgehead atoms. The van der Waals surface area contributed by atoms with Gasteiger partial charge in [-0.15, -0.1) is 22.0 Å². The van der Waals surface area contributed by atoms with E-state index in [0.717, 1.165) is 9.35 Å². The summed E-state index contributed by atoms with van der Waals surface area (Å²) < 4.78 is 2.27. The molecule has 0 aromatic carbocycles. The van der Waals surface area contributed by atoms with Crippen molar-refractivity contribution in [1.82, 2.24) is 30.2 Å². The van der Waals surface area contributed by atoms with Crippen molar-refractivity contribution in [3.63, 3.8) is 0 Å². The summed E-state index contributed by atoms with van der Waals surface area (Å²) in [5.41, 5.74) is 0.643. The van der Waals surface area contributed by atoms with Crippen molar-refractivity contribution >= 4 is 64.2 Å². The zero-order valence-electron chi connectivity index (χ0n) is 16.4. The van der Waals surface area contributed by atoms with Gasteiger partial charge in [-0.1, -0.05) is 34.7 Å². The zero-order chi connectivity index (χ0) is 22.3. The number of hydrogen-bond acceptors (Lipinski definition) is 9. The predicted molar refractivity (Wildman–Crippen MR) is 117 cm³/mol. The highest BCUT2D eigenvalue weighted by molar-refractivity contribution is 8.01. The van der Waals surface area contributed by atoms with Gasteiger partial charge in [0, 0.05) is 24.2 Å². The number of aliphatic carboxylic acids is 1. The van der Waals surface area contributed by atoms with E-state index in [1.165, 1.54) is 50.6 Å². The molecule has 4 rings (SSSR count). The lowest BCUT2D eigenvalue weighted by Crippen LogP contribution is -2.70. The standard InChI is InChI=1S/C17H17ClN6O4S3/c1-3-23-4-9(18)10(22-23)13(25)19-11-14(26)24-12(16(27)28)8(5-29-15(11)24)6-30-17-21-20-7(2)31-17/h4,11,15H,3,5-6H2,1-2H3,(H,19,25)(H,27,28)/t11-,15-/m0/s1. The second kappa shape index (κ2) is 8.81. The number of carbonyl (C=O) groups is 3. The fraction of sp³-hybridized carbons (Fsp3) is 0.412. The number of carboxylic acid groups (broad SMARTS) is 1. The zero-order valence-corrected chi connectivity index (χ0v) is 19.6. The molecule has 1 fully saturated rings. The SMILES string of the molecule is CCn1cc(Cl)c(C(=O)N[C@H]2C(=O)N3C(C(=O)O)=C(CSc4nnc(C)s4)CS[C@@H]23)n1. The van der Waals surface area contributed by atoms with E-state index >= 15 is 0 Å². The molecule has 2 aliphatic heterocycles. The number of aryl methyl sites for hydroxylation is 2. The van der Waals surface area contributed by atoms with Gasteiger partial charge >= 0.3 is 5.97 Å². The number of thioether (sulfide) groups is 2. The predicted octanol–water partition coefficient (Wildman–Crippen LogP) is 1.86. The van der Waals surface area contributed by atoms with Crippen LogP contribution < -0.4 is 5.32 Å². The third kappa shape index (κ3) is 4.19. The summed E-state index contributed by atoms with van der Waals surface area (Å²) in [6.45, 7) is 4.25. The van der Waals surface area contributed by atoms with Crippen LogP contribution in [0.25, 0.3) is 0 Å². The van der Waals surface area contributed by atoms with Crippen LogP contribution in [0.3, 0.4) is 0 Å². The number of rotatable bonds is 7. The van der Waals surface area contributed by atoms with E-state index < -0.39 is 29.2 Å². The Bertz CT molecular complexity index is 1100. The normalized spacial score (nSPS) is 20.5. The van der Waals surface area contributed by atoms with E-state index in [1.807, 2.05) is 13.8 Å². The van der Waals surface area contributed by atoms with Crippen LogP contribution in [0.1, 0.15) is 22.4 Å². The molecule has 31 heavy (non-hydrogen) atoms. The largest absolute Gasteiger partial charge is 0.477 e. The lowest BCUT2D eigenvalue weighted by Gasteiger charge is -2.49. The van der Waals surface area contributed by atoms with Crippen LogP contribution in [0, 0.1) is 6.92 Å². The Hall–Kier alpha value is -2.09. The minimum atomic E-state index is -1.17. The van der Waals surface area contributed by atoms with Crippen LogP contribution in [0.5, 0.6) is 0 Å². The molecule has 164 valence electrons. The van der Waals surface area contributed by atoms with Gasteiger partial charge in [-0.2, -0.15) is 5.10 Å². The molecule has 0 spiro atoms. The van der Waals surface area contributed by atoms with Crippen molar-refractivity contribution in [3.05, 3.63) is 33.2 Å². The Labute approximate surface area is 194 Å². The van der Waals surface area contributed by atoms with Gasteiger partial charge in [-0.3, -0.25) is 19.2 Å². The molecule has 4 heterocycles. The molecular weight excluding hydrogens is 484 g/mol. The Kier molecular flexibility index (Phi) is 6.28. The highest BCUT2D eigenvalue weighted by Crippen LogP contribution is 2.41. The number of β-lactam (4-membered cyclic amide) rings is 1. The molecule has 2 N–H and O–H groups in total. The van der Waals surface area contributed by atoms with Gasteiger partial charge in [0.05, 0.1) is 5.02 Å². The first kappa shape index (κ1) is 22.1. The molecule has 14 heteroatoms. The third-order valence-electron chi connectivity index (χ3n) is 4.67. The number of halogens is 1. The van der Waals surface area contributed by atoms with E-state index in [2.05, 4.69) is 20.6 Å². The number of nitrogens with one attached hydrogen (secondary N) is 1. The molecule has 0 saturated carbocycles. The molecule has 10 nitrogen and oxygen atoms in total. The summed E-state index contributed by atoms with van der Waals surface area (Å²) in [6.07, 6.45) is 1.54. The molecule has 0 unspecified atom stereocenters. The van der Waals surface area contributed by atoms with Gasteiger partial charge < -0.3 is 10.4 Å². The lowest BCUT2D eigenvalue weighted by molar-refractivity contribution is -0.148. The minimum Gasteiger partial charge on any atom is -0.477 e. The molecule has 2 atom stereocenters. The number of fused-ring (bicyclic) bond motifs is 1. The summed E-state index contributed by atoms with van der Waals surface area (Å²) in [5, 5.41) is 25.0. The Morgan fingerprint density at radius 1 is 1.42 bits per heavy atom. The third-order valence-corrected chi connectivity index (χ3v) is 8.34. The number of nitrogens with zero attached hydrogens (tertiary/aromatic N) is 5. The molecule has 0 aliphatic carbocycles. The van der Waals surface area contributed by atoms with Crippen molar-refractivity contribution in [1.29, 1.82) is 0 Å².